The van der Waals surface area contributed by atoms with Gasteiger partial charge in [-0.15, -0.1) is 12.4 Å². The van der Waals surface area contributed by atoms with Crippen LogP contribution in [-0.2, 0) is 4.79 Å². The third-order valence-corrected chi connectivity index (χ3v) is 3.75. The first-order chi connectivity index (χ1) is 9.63. The second kappa shape index (κ2) is 6.45. The highest BCUT2D eigenvalue weighted by Crippen LogP contribution is 2.21. The van der Waals surface area contributed by atoms with Gasteiger partial charge in [0, 0.05) is 29.9 Å². The van der Waals surface area contributed by atoms with Crippen molar-refractivity contribution in [2.45, 2.75) is 26.3 Å². The van der Waals surface area contributed by atoms with Gasteiger partial charge in [0.05, 0.1) is 11.4 Å². The molecule has 2 N–H and O–H groups in total. The number of benzene rings is 1. The maximum absolute atomic E-state index is 12.1. The second-order valence-corrected chi connectivity index (χ2v) is 5.66. The molecule has 2 heterocycles. The minimum Gasteiger partial charge on any atom is -0.326 e. The van der Waals surface area contributed by atoms with Crippen LogP contribution in [0.15, 0.2) is 24.4 Å². The fourth-order valence-corrected chi connectivity index (χ4v) is 2.51. The van der Waals surface area contributed by atoms with Gasteiger partial charge in [-0.3, -0.25) is 9.48 Å². The molecule has 3 rings (SSSR count). The molecule has 0 bridgehead atoms. The van der Waals surface area contributed by atoms with E-state index in [1.165, 1.54) is 0 Å². The summed E-state index contributed by atoms with van der Waals surface area (Å²) in [6.45, 7) is 5.90. The highest BCUT2D eigenvalue weighted by molar-refractivity contribution is 5.95. The molecule has 0 radical (unpaired) electrons. The minimum atomic E-state index is 0. The molecule has 114 valence electrons. The average Bonchev–Trinajstić information content (AvgIpc) is 3.07. The predicted octanol–water partition coefficient (Wildman–Crippen LogP) is 2.59. The normalized spacial score (nSPS) is 18.0. The lowest BCUT2D eigenvalue weighted by Gasteiger charge is -2.09. The predicted molar refractivity (Wildman–Crippen MR) is 87.0 cm³/mol. The standard InChI is InChI=1S/C15H20N4O.ClH/c1-10(2)19-9-12-7-13(3-4-14(12)18-19)17-15(20)11-5-6-16-8-11;/h3-4,7,9-11,16H,5-6,8H2,1-2H3,(H,17,20);1H. The largest absolute Gasteiger partial charge is 0.326 e. The summed E-state index contributed by atoms with van der Waals surface area (Å²) in [4.78, 5) is 12.1. The zero-order valence-electron chi connectivity index (χ0n) is 12.3. The molecule has 2 aromatic rings. The summed E-state index contributed by atoms with van der Waals surface area (Å²) < 4.78 is 1.94. The lowest BCUT2D eigenvalue weighted by Crippen LogP contribution is -2.24. The van der Waals surface area contributed by atoms with Gasteiger partial charge in [-0.2, -0.15) is 5.10 Å². The Kier molecular flexibility index (Phi) is 4.85. The zero-order valence-corrected chi connectivity index (χ0v) is 13.1. The smallest absolute Gasteiger partial charge is 0.228 e. The van der Waals surface area contributed by atoms with E-state index in [0.29, 0.717) is 6.04 Å². The molecule has 0 spiro atoms. The summed E-state index contributed by atoms with van der Waals surface area (Å²) in [5, 5.41) is 11.8. The zero-order chi connectivity index (χ0) is 14.1. The number of fused-ring (bicyclic) bond motifs is 1. The fourth-order valence-electron chi connectivity index (χ4n) is 2.51. The van der Waals surface area contributed by atoms with Crippen molar-refractivity contribution in [2.24, 2.45) is 5.92 Å². The first kappa shape index (κ1) is 15.8. The van der Waals surface area contributed by atoms with Gasteiger partial charge >= 0.3 is 0 Å². The molecule has 21 heavy (non-hydrogen) atoms. The van der Waals surface area contributed by atoms with E-state index in [1.807, 2.05) is 29.1 Å². The highest BCUT2D eigenvalue weighted by atomic mass is 35.5. The number of rotatable bonds is 3. The fraction of sp³-hybridized carbons (Fsp3) is 0.467. The van der Waals surface area contributed by atoms with Gasteiger partial charge in [0.2, 0.25) is 5.91 Å². The Morgan fingerprint density at radius 2 is 2.29 bits per heavy atom. The third kappa shape index (κ3) is 3.36. The Bertz CT molecular complexity index is 632. The summed E-state index contributed by atoms with van der Waals surface area (Å²) in [6.07, 6.45) is 2.94. The van der Waals surface area contributed by atoms with E-state index in [0.717, 1.165) is 36.1 Å². The molecule has 1 amide bonds. The number of nitrogens with one attached hydrogen (secondary N) is 2. The summed E-state index contributed by atoms with van der Waals surface area (Å²) in [5.74, 6) is 0.190. The first-order valence-corrected chi connectivity index (χ1v) is 7.14. The Morgan fingerprint density at radius 3 is 2.95 bits per heavy atom. The van der Waals surface area contributed by atoms with Crippen LogP contribution in [0.4, 0.5) is 5.69 Å². The Balaban J connectivity index is 0.00000161. The van der Waals surface area contributed by atoms with E-state index >= 15 is 0 Å². The Hall–Kier alpha value is -1.59. The average molecular weight is 309 g/mol. The molecular formula is C15H21ClN4O. The Labute approximate surface area is 130 Å². The van der Waals surface area contributed by atoms with Gasteiger partial charge in [0.1, 0.15) is 0 Å². The molecule has 1 aromatic heterocycles. The van der Waals surface area contributed by atoms with E-state index in [4.69, 9.17) is 0 Å². The molecule has 1 unspecified atom stereocenters. The van der Waals surface area contributed by atoms with Crippen LogP contribution in [0.2, 0.25) is 0 Å². The van der Waals surface area contributed by atoms with Crippen molar-refractivity contribution in [2.75, 3.05) is 18.4 Å². The summed E-state index contributed by atoms with van der Waals surface area (Å²) in [7, 11) is 0. The molecule has 1 aliphatic rings. The molecule has 6 heteroatoms. The molecule has 0 aliphatic carbocycles. The number of carbonyl (C=O) groups excluding carboxylic acids is 1. The monoisotopic (exact) mass is 308 g/mol. The number of carbonyl (C=O) groups is 1. The number of amides is 1. The van der Waals surface area contributed by atoms with E-state index in [9.17, 15) is 4.79 Å². The molecular weight excluding hydrogens is 288 g/mol. The van der Waals surface area contributed by atoms with Gasteiger partial charge in [-0.05, 0) is 45.0 Å². The molecule has 1 aliphatic heterocycles. The van der Waals surface area contributed by atoms with Gasteiger partial charge < -0.3 is 10.6 Å². The van der Waals surface area contributed by atoms with Crippen LogP contribution >= 0.6 is 12.4 Å². The number of halogens is 1. The van der Waals surface area contributed by atoms with E-state index in [2.05, 4.69) is 29.6 Å². The topological polar surface area (TPSA) is 59.0 Å². The summed E-state index contributed by atoms with van der Waals surface area (Å²) >= 11 is 0. The second-order valence-electron chi connectivity index (χ2n) is 5.66. The number of hydrogen-bond donors (Lipinski definition) is 2. The van der Waals surface area contributed by atoms with Crippen LogP contribution in [0, 0.1) is 5.92 Å². The third-order valence-electron chi connectivity index (χ3n) is 3.75. The molecule has 1 fully saturated rings. The van der Waals surface area contributed by atoms with Gasteiger partial charge in [0.25, 0.3) is 0 Å². The minimum absolute atomic E-state index is 0. The van der Waals surface area contributed by atoms with Crippen LogP contribution in [0.5, 0.6) is 0 Å². The van der Waals surface area contributed by atoms with Crippen LogP contribution in [0.25, 0.3) is 10.9 Å². The summed E-state index contributed by atoms with van der Waals surface area (Å²) in [6, 6.07) is 6.20. The van der Waals surface area contributed by atoms with Crippen LogP contribution in [0.1, 0.15) is 26.3 Å². The van der Waals surface area contributed by atoms with Crippen molar-refractivity contribution < 1.29 is 4.79 Å². The molecule has 1 atom stereocenters. The van der Waals surface area contributed by atoms with Crippen molar-refractivity contribution in [1.29, 1.82) is 0 Å². The number of hydrogen-bond acceptors (Lipinski definition) is 3. The van der Waals surface area contributed by atoms with Crippen molar-refractivity contribution in [3.05, 3.63) is 24.4 Å². The van der Waals surface area contributed by atoms with E-state index in [-0.39, 0.29) is 24.2 Å². The number of nitrogens with zero attached hydrogens (tertiary/aromatic N) is 2. The maximum Gasteiger partial charge on any atom is 0.228 e. The Morgan fingerprint density at radius 1 is 1.48 bits per heavy atom. The highest BCUT2D eigenvalue weighted by Gasteiger charge is 2.22. The van der Waals surface area contributed by atoms with Crippen molar-refractivity contribution in [3.63, 3.8) is 0 Å². The van der Waals surface area contributed by atoms with Crippen molar-refractivity contribution in [1.82, 2.24) is 15.1 Å². The van der Waals surface area contributed by atoms with Gasteiger partial charge in [0.15, 0.2) is 0 Å². The summed E-state index contributed by atoms with van der Waals surface area (Å²) in [5.41, 5.74) is 1.80. The van der Waals surface area contributed by atoms with Gasteiger partial charge in [-0.1, -0.05) is 0 Å². The lowest BCUT2D eigenvalue weighted by molar-refractivity contribution is -0.119. The SMILES string of the molecule is CC(C)n1cc2cc(NC(=O)C3CCNC3)ccc2n1.Cl. The lowest BCUT2D eigenvalue weighted by atomic mass is 10.1. The molecule has 1 saturated heterocycles. The molecule has 1 aromatic carbocycles. The van der Waals surface area contributed by atoms with Crippen LogP contribution < -0.4 is 10.6 Å². The van der Waals surface area contributed by atoms with E-state index in [1.54, 1.807) is 0 Å². The van der Waals surface area contributed by atoms with Crippen LogP contribution in [-0.4, -0.2) is 28.8 Å². The van der Waals surface area contributed by atoms with Gasteiger partial charge in [-0.25, -0.2) is 0 Å². The number of anilines is 1. The number of aromatic nitrogens is 2. The first-order valence-electron chi connectivity index (χ1n) is 7.14. The molecule has 5 nitrogen and oxygen atoms in total. The van der Waals surface area contributed by atoms with Crippen LogP contribution in [0.3, 0.4) is 0 Å². The van der Waals surface area contributed by atoms with Crippen molar-refractivity contribution in [3.8, 4) is 0 Å². The van der Waals surface area contributed by atoms with Crippen molar-refractivity contribution >= 4 is 34.9 Å². The quantitative estimate of drug-likeness (QED) is 0.916. The maximum atomic E-state index is 12.1. The molecule has 0 saturated carbocycles. The van der Waals surface area contributed by atoms with E-state index < -0.39 is 0 Å².